The maximum absolute atomic E-state index is 12.5. The van der Waals surface area contributed by atoms with Gasteiger partial charge in [-0.2, -0.15) is 0 Å². The Balaban J connectivity index is 1.48. The van der Waals surface area contributed by atoms with E-state index in [-0.39, 0.29) is 5.91 Å². The molecule has 6 nitrogen and oxygen atoms in total. The van der Waals surface area contributed by atoms with Crippen LogP contribution in [0.4, 0.5) is 0 Å². The molecule has 0 N–H and O–H groups in total. The Kier molecular flexibility index (Phi) is 6.47. The predicted molar refractivity (Wildman–Crippen MR) is 105 cm³/mol. The topological polar surface area (TPSA) is 60.5 Å². The fourth-order valence-electron chi connectivity index (χ4n) is 2.34. The number of hydrogen-bond acceptors (Lipinski definition) is 5. The lowest BCUT2D eigenvalue weighted by atomic mass is 10.3. The molecule has 1 aromatic carbocycles. The van der Waals surface area contributed by atoms with Gasteiger partial charge in [0, 0.05) is 31.5 Å². The smallest absolute Gasteiger partial charge is 0.289 e. The highest BCUT2D eigenvalue weighted by atomic mass is 35.5. The zero-order valence-electron chi connectivity index (χ0n) is 15.1. The van der Waals surface area contributed by atoms with Crippen molar-refractivity contribution in [2.75, 3.05) is 20.2 Å². The van der Waals surface area contributed by atoms with Crippen LogP contribution in [0, 0.1) is 0 Å². The molecule has 0 saturated carbocycles. The quantitative estimate of drug-likeness (QED) is 0.528. The summed E-state index contributed by atoms with van der Waals surface area (Å²) in [5, 5.41) is 1.51. The number of rotatable bonds is 8. The zero-order chi connectivity index (χ0) is 19.2. The number of amides is 1. The fraction of sp³-hybridized carbons (Fsp3) is 0.263. The first-order valence-corrected chi connectivity index (χ1v) is 9.72. The van der Waals surface area contributed by atoms with E-state index in [1.54, 1.807) is 48.1 Å². The molecule has 0 aliphatic heterocycles. The molecule has 8 heteroatoms. The summed E-state index contributed by atoms with van der Waals surface area (Å²) in [7, 11) is 3.65. The van der Waals surface area contributed by atoms with Crippen LogP contribution in [0.15, 0.2) is 58.4 Å². The Bertz CT molecular complexity index is 909. The highest BCUT2D eigenvalue weighted by Gasteiger charge is 2.16. The number of nitrogens with zero attached hydrogens (tertiary/aromatic N) is 3. The van der Waals surface area contributed by atoms with E-state index in [0.717, 1.165) is 10.9 Å². The number of halogens is 1. The minimum Gasteiger partial charge on any atom is -0.492 e. The van der Waals surface area contributed by atoms with Gasteiger partial charge in [-0.15, -0.1) is 0 Å². The number of ether oxygens (including phenoxy) is 1. The van der Waals surface area contributed by atoms with Crippen molar-refractivity contribution in [2.45, 2.75) is 10.9 Å². The van der Waals surface area contributed by atoms with Gasteiger partial charge in [0.1, 0.15) is 18.1 Å². The number of likely N-dealkylation sites (N-methyl/N-ethyl adjacent to an activating group) is 1. The Labute approximate surface area is 167 Å². The van der Waals surface area contributed by atoms with Crippen molar-refractivity contribution < 1.29 is 13.9 Å². The second kappa shape index (κ2) is 9.01. The van der Waals surface area contributed by atoms with Crippen LogP contribution in [0.25, 0.3) is 0 Å². The monoisotopic (exact) mass is 405 g/mol. The number of carbonyl (C=O) groups excluding carboxylic acids is 1. The van der Waals surface area contributed by atoms with Gasteiger partial charge in [-0.05, 0) is 30.3 Å². The number of aryl methyl sites for hydroxylation is 1. The highest BCUT2D eigenvalue weighted by molar-refractivity contribution is 7.98. The van der Waals surface area contributed by atoms with Crippen LogP contribution >= 0.6 is 23.4 Å². The minimum atomic E-state index is -0.182. The van der Waals surface area contributed by atoms with Gasteiger partial charge in [0.25, 0.3) is 5.91 Å². The SMILES string of the molecule is CN(CCOc1cccc(Cl)c1)C(=O)c1ccc(CSc2nccn2C)o1. The Morgan fingerprint density at radius 1 is 1.37 bits per heavy atom. The second-order valence-corrected chi connectivity index (χ2v) is 7.29. The van der Waals surface area contributed by atoms with Crippen LogP contribution in [-0.4, -0.2) is 40.6 Å². The molecule has 0 radical (unpaired) electrons. The van der Waals surface area contributed by atoms with Gasteiger partial charge >= 0.3 is 0 Å². The first-order valence-electron chi connectivity index (χ1n) is 8.35. The van der Waals surface area contributed by atoms with Crippen molar-refractivity contribution >= 4 is 29.3 Å². The number of imidazole rings is 1. The third kappa shape index (κ3) is 5.30. The zero-order valence-corrected chi connectivity index (χ0v) is 16.7. The maximum Gasteiger partial charge on any atom is 0.289 e. The first-order chi connectivity index (χ1) is 13.0. The third-order valence-electron chi connectivity index (χ3n) is 3.83. The summed E-state index contributed by atoms with van der Waals surface area (Å²) >= 11 is 7.48. The molecule has 1 amide bonds. The molecule has 3 aromatic rings. The van der Waals surface area contributed by atoms with Crippen LogP contribution in [0.5, 0.6) is 5.75 Å². The summed E-state index contributed by atoms with van der Waals surface area (Å²) in [6, 6.07) is 10.7. The molecule has 0 fully saturated rings. The van der Waals surface area contributed by atoms with E-state index in [0.29, 0.717) is 35.4 Å². The molecule has 0 bridgehead atoms. The lowest BCUT2D eigenvalue weighted by Crippen LogP contribution is -2.30. The van der Waals surface area contributed by atoms with Gasteiger partial charge in [0.15, 0.2) is 10.9 Å². The lowest BCUT2D eigenvalue weighted by molar-refractivity contribution is 0.0741. The van der Waals surface area contributed by atoms with Gasteiger partial charge < -0.3 is 18.6 Å². The maximum atomic E-state index is 12.5. The van der Waals surface area contributed by atoms with Crippen molar-refractivity contribution in [3.8, 4) is 5.75 Å². The van der Waals surface area contributed by atoms with Gasteiger partial charge in [-0.25, -0.2) is 4.98 Å². The second-order valence-electron chi connectivity index (χ2n) is 5.91. The summed E-state index contributed by atoms with van der Waals surface area (Å²) in [4.78, 5) is 18.3. The Morgan fingerprint density at radius 3 is 2.96 bits per heavy atom. The van der Waals surface area contributed by atoms with E-state index in [9.17, 15) is 4.79 Å². The minimum absolute atomic E-state index is 0.182. The van der Waals surface area contributed by atoms with Crippen LogP contribution in [0.2, 0.25) is 5.02 Å². The van der Waals surface area contributed by atoms with Crippen LogP contribution in [0.1, 0.15) is 16.3 Å². The molecule has 0 aliphatic rings. The molecule has 3 rings (SSSR count). The van der Waals surface area contributed by atoms with Crippen molar-refractivity contribution in [3.63, 3.8) is 0 Å². The molecule has 0 saturated heterocycles. The van der Waals surface area contributed by atoms with E-state index in [2.05, 4.69) is 4.98 Å². The Hall–Kier alpha value is -2.38. The average molecular weight is 406 g/mol. The van der Waals surface area contributed by atoms with Crippen LogP contribution in [-0.2, 0) is 12.8 Å². The highest BCUT2D eigenvalue weighted by Crippen LogP contribution is 2.22. The Morgan fingerprint density at radius 2 is 2.22 bits per heavy atom. The first kappa shape index (κ1) is 19.4. The number of hydrogen-bond donors (Lipinski definition) is 0. The van der Waals surface area contributed by atoms with E-state index in [1.165, 1.54) is 0 Å². The molecule has 2 aromatic heterocycles. The van der Waals surface area contributed by atoms with E-state index >= 15 is 0 Å². The molecule has 0 aliphatic carbocycles. The van der Waals surface area contributed by atoms with Gasteiger partial charge in [0.2, 0.25) is 0 Å². The van der Waals surface area contributed by atoms with Gasteiger partial charge in [0.05, 0.1) is 12.3 Å². The number of aromatic nitrogens is 2. The van der Waals surface area contributed by atoms with E-state index in [4.69, 9.17) is 20.8 Å². The molecule has 0 unspecified atom stereocenters. The standard InChI is InChI=1S/C19H20ClN3O3S/c1-22(10-11-25-15-5-3-4-14(20)12-15)18(24)17-7-6-16(26-17)13-27-19-21-8-9-23(19)2/h3-9,12H,10-11,13H2,1-2H3. The average Bonchev–Trinajstić information content (AvgIpc) is 3.28. The van der Waals surface area contributed by atoms with Gasteiger partial charge in [-0.1, -0.05) is 29.4 Å². The number of benzene rings is 1. The van der Waals surface area contributed by atoms with E-state index in [1.807, 2.05) is 36.0 Å². The molecule has 0 spiro atoms. The third-order valence-corrected chi connectivity index (χ3v) is 5.15. The predicted octanol–water partition coefficient (Wildman–Crippen LogP) is 4.11. The largest absolute Gasteiger partial charge is 0.492 e. The molecular weight excluding hydrogens is 386 g/mol. The van der Waals surface area contributed by atoms with E-state index < -0.39 is 0 Å². The molecule has 2 heterocycles. The number of thioether (sulfide) groups is 1. The van der Waals surface area contributed by atoms with Crippen molar-refractivity contribution in [1.82, 2.24) is 14.5 Å². The summed E-state index contributed by atoms with van der Waals surface area (Å²) in [6.07, 6.45) is 3.64. The lowest BCUT2D eigenvalue weighted by Gasteiger charge is -2.16. The molecular formula is C19H20ClN3O3S. The van der Waals surface area contributed by atoms with Gasteiger partial charge in [-0.3, -0.25) is 4.79 Å². The van der Waals surface area contributed by atoms with Crippen molar-refractivity contribution in [2.24, 2.45) is 7.05 Å². The summed E-state index contributed by atoms with van der Waals surface area (Å²) < 4.78 is 13.2. The molecule has 142 valence electrons. The normalized spacial score (nSPS) is 10.8. The number of furan rings is 1. The summed E-state index contributed by atoms with van der Waals surface area (Å²) in [5.41, 5.74) is 0. The molecule has 27 heavy (non-hydrogen) atoms. The number of carbonyl (C=O) groups is 1. The van der Waals surface area contributed by atoms with Crippen LogP contribution in [0.3, 0.4) is 0 Å². The van der Waals surface area contributed by atoms with Crippen molar-refractivity contribution in [3.05, 3.63) is 65.3 Å². The fourth-order valence-corrected chi connectivity index (χ4v) is 3.35. The summed E-state index contributed by atoms with van der Waals surface area (Å²) in [5.74, 6) is 2.15. The van der Waals surface area contributed by atoms with Crippen LogP contribution < -0.4 is 4.74 Å². The molecule has 0 atom stereocenters. The summed E-state index contributed by atoms with van der Waals surface area (Å²) in [6.45, 7) is 0.800. The van der Waals surface area contributed by atoms with Crippen molar-refractivity contribution in [1.29, 1.82) is 0 Å².